The van der Waals surface area contributed by atoms with E-state index in [1.165, 1.54) is 16.7 Å². The second-order valence-corrected chi connectivity index (χ2v) is 8.79. The quantitative estimate of drug-likeness (QED) is 0.593. The Bertz CT molecular complexity index is 1110. The number of nitrogens with one attached hydrogen (secondary N) is 2. The van der Waals surface area contributed by atoms with Crippen LogP contribution in [-0.2, 0) is 11.2 Å². The Morgan fingerprint density at radius 3 is 2.97 bits per heavy atom. The number of hydrogen-bond acceptors (Lipinski definition) is 4. The van der Waals surface area contributed by atoms with Crippen LogP contribution in [0, 0.1) is 0 Å². The second kappa shape index (κ2) is 8.33. The molecule has 1 aromatic carbocycles. The molecule has 31 heavy (non-hydrogen) atoms. The number of hydrogen-bond donors (Lipinski definition) is 2. The number of allylic oxidation sites excluding steroid dienone is 1. The molecule has 1 saturated heterocycles. The van der Waals surface area contributed by atoms with Crippen molar-refractivity contribution in [1.82, 2.24) is 10.2 Å². The van der Waals surface area contributed by atoms with Crippen LogP contribution < -0.4 is 10.6 Å². The summed E-state index contributed by atoms with van der Waals surface area (Å²) in [4.78, 5) is 14.8. The fraction of sp³-hybridized carbons (Fsp3) is 0.346. The fourth-order valence-corrected chi connectivity index (χ4v) is 4.86. The van der Waals surface area contributed by atoms with Crippen LogP contribution in [0.5, 0.6) is 0 Å². The van der Waals surface area contributed by atoms with Crippen LogP contribution in [0.4, 0.5) is 5.69 Å². The average Bonchev–Trinajstić information content (AvgIpc) is 3.36. The van der Waals surface area contributed by atoms with Crippen LogP contribution in [0.3, 0.4) is 0 Å². The first kappa shape index (κ1) is 20.0. The molecule has 1 aromatic rings. The molecule has 0 bridgehead atoms. The lowest BCUT2D eigenvalue weighted by Crippen LogP contribution is -2.46. The third-order valence-electron chi connectivity index (χ3n) is 6.43. The molecule has 5 rings (SSSR count). The number of carbonyl (C=O) groups excluding carboxylic acids is 1. The highest BCUT2D eigenvalue weighted by molar-refractivity contribution is 6.32. The number of rotatable bonds is 5. The van der Waals surface area contributed by atoms with Crippen LogP contribution >= 0.6 is 0 Å². The van der Waals surface area contributed by atoms with E-state index < -0.39 is 0 Å². The third kappa shape index (κ3) is 3.91. The number of fused-ring (bicyclic) bond motifs is 2. The summed E-state index contributed by atoms with van der Waals surface area (Å²) in [6.45, 7) is 8.03. The standard InChI is InChI=1S/C26H29N3O2/c1-17(2)25-21-13-18(8-9-22(21)28-26(25)30)5-4-11-29-12-10-27-15-23(29)20-14-19-6-3-7-24(19)31-16-20/h3,6-9,13-14,16,23,27H,4-5,10-12,15H2,1-2H3,(H,28,30). The van der Waals surface area contributed by atoms with Crippen molar-refractivity contribution in [3.05, 3.63) is 71.0 Å². The maximum Gasteiger partial charge on any atom is 0.256 e. The molecule has 0 aromatic heterocycles. The van der Waals surface area contributed by atoms with Crippen LogP contribution in [0.15, 0.2) is 58.7 Å². The predicted molar refractivity (Wildman–Crippen MR) is 124 cm³/mol. The van der Waals surface area contributed by atoms with Crippen molar-refractivity contribution in [1.29, 1.82) is 0 Å². The molecule has 1 amide bonds. The van der Waals surface area contributed by atoms with Gasteiger partial charge in [-0.2, -0.15) is 0 Å². The maximum absolute atomic E-state index is 12.3. The van der Waals surface area contributed by atoms with Gasteiger partial charge in [-0.25, -0.2) is 0 Å². The molecule has 0 spiro atoms. The summed E-state index contributed by atoms with van der Waals surface area (Å²) in [7, 11) is 0. The molecule has 5 nitrogen and oxygen atoms in total. The zero-order valence-corrected chi connectivity index (χ0v) is 18.2. The Morgan fingerprint density at radius 1 is 1.19 bits per heavy atom. The van der Waals surface area contributed by atoms with Gasteiger partial charge in [-0.3, -0.25) is 9.69 Å². The van der Waals surface area contributed by atoms with Crippen molar-refractivity contribution in [2.24, 2.45) is 0 Å². The average molecular weight is 416 g/mol. The summed E-state index contributed by atoms with van der Waals surface area (Å²) in [5, 5.41) is 6.51. The van der Waals surface area contributed by atoms with Gasteiger partial charge in [0.1, 0.15) is 5.76 Å². The van der Waals surface area contributed by atoms with Gasteiger partial charge >= 0.3 is 0 Å². The van der Waals surface area contributed by atoms with Gasteiger partial charge in [-0.15, -0.1) is 0 Å². The van der Waals surface area contributed by atoms with E-state index in [2.05, 4.69) is 39.8 Å². The van der Waals surface area contributed by atoms with Gasteiger partial charge < -0.3 is 15.1 Å². The Balaban J connectivity index is 1.27. The van der Waals surface area contributed by atoms with E-state index in [4.69, 9.17) is 4.42 Å². The zero-order chi connectivity index (χ0) is 21.4. The Labute approximate surface area is 183 Å². The van der Waals surface area contributed by atoms with Crippen LogP contribution in [-0.4, -0.2) is 37.0 Å². The molecule has 160 valence electrons. The van der Waals surface area contributed by atoms with Crippen LogP contribution in [0.2, 0.25) is 0 Å². The monoisotopic (exact) mass is 415 g/mol. The number of piperazine rings is 1. The zero-order valence-electron chi connectivity index (χ0n) is 18.2. The van der Waals surface area contributed by atoms with Crippen LogP contribution in [0.1, 0.15) is 43.0 Å². The van der Waals surface area contributed by atoms with Crippen molar-refractivity contribution in [2.75, 3.05) is 31.5 Å². The normalized spacial score (nSPS) is 19.0. The highest BCUT2D eigenvalue weighted by Crippen LogP contribution is 2.35. The fourth-order valence-electron chi connectivity index (χ4n) is 4.86. The summed E-state index contributed by atoms with van der Waals surface area (Å²) in [6, 6.07) is 15.1. The molecule has 0 radical (unpaired) electrons. The first-order chi connectivity index (χ1) is 15.1. The van der Waals surface area contributed by atoms with Crippen LogP contribution in [0.25, 0.3) is 16.9 Å². The van der Waals surface area contributed by atoms with Gasteiger partial charge in [0.25, 0.3) is 5.91 Å². The van der Waals surface area contributed by atoms with Crippen molar-refractivity contribution < 1.29 is 9.21 Å². The molecule has 1 fully saturated rings. The second-order valence-electron chi connectivity index (χ2n) is 8.79. The molecule has 1 unspecified atom stereocenters. The molecular formula is C26H29N3O2. The SMILES string of the molecule is CC(C)=C1C(=O)Nc2ccc(CCCN3CCNCC3c3coc4cccc-4c3)cc21. The summed E-state index contributed by atoms with van der Waals surface area (Å²) in [5.41, 5.74) is 7.55. The number of aryl methyl sites for hydroxylation is 1. The van der Waals surface area contributed by atoms with Crippen molar-refractivity contribution >= 4 is 17.2 Å². The van der Waals surface area contributed by atoms with E-state index in [-0.39, 0.29) is 5.91 Å². The van der Waals surface area contributed by atoms with Gasteiger partial charge in [0.05, 0.1) is 12.3 Å². The summed E-state index contributed by atoms with van der Waals surface area (Å²) in [5.74, 6) is 0.961. The van der Waals surface area contributed by atoms with Gasteiger partial charge in [0.2, 0.25) is 0 Å². The molecule has 3 heterocycles. The number of nitrogens with zero attached hydrogens (tertiary/aromatic N) is 1. The van der Waals surface area contributed by atoms with E-state index in [0.29, 0.717) is 6.04 Å². The highest BCUT2D eigenvalue weighted by Gasteiger charge is 2.26. The molecule has 0 saturated carbocycles. The topological polar surface area (TPSA) is 57.5 Å². The van der Waals surface area contributed by atoms with Gasteiger partial charge in [-0.1, -0.05) is 23.8 Å². The molecule has 2 N–H and O–H groups in total. The van der Waals surface area contributed by atoms with Crippen molar-refractivity contribution in [3.8, 4) is 11.3 Å². The number of benzene rings is 1. The molecule has 4 aliphatic rings. The van der Waals surface area contributed by atoms with Crippen molar-refractivity contribution in [2.45, 2.75) is 32.7 Å². The first-order valence-corrected chi connectivity index (χ1v) is 11.1. The van der Waals surface area contributed by atoms with E-state index in [0.717, 1.165) is 67.2 Å². The smallest absolute Gasteiger partial charge is 0.256 e. The van der Waals surface area contributed by atoms with Crippen molar-refractivity contribution in [3.63, 3.8) is 0 Å². The predicted octanol–water partition coefficient (Wildman–Crippen LogP) is 4.71. The lowest BCUT2D eigenvalue weighted by molar-refractivity contribution is -0.110. The molecule has 1 aliphatic carbocycles. The molecule has 3 aliphatic heterocycles. The minimum atomic E-state index is 0.0167. The van der Waals surface area contributed by atoms with E-state index in [1.54, 1.807) is 0 Å². The summed E-state index contributed by atoms with van der Waals surface area (Å²) in [6.07, 6.45) is 4.00. The largest absolute Gasteiger partial charge is 0.464 e. The van der Waals surface area contributed by atoms with Gasteiger partial charge in [0.15, 0.2) is 0 Å². The summed E-state index contributed by atoms with van der Waals surface area (Å²) < 4.78 is 5.85. The van der Waals surface area contributed by atoms with E-state index in [9.17, 15) is 4.79 Å². The third-order valence-corrected chi connectivity index (χ3v) is 6.43. The van der Waals surface area contributed by atoms with E-state index >= 15 is 0 Å². The molecule has 5 heteroatoms. The number of carbonyl (C=O) groups is 1. The highest BCUT2D eigenvalue weighted by atomic mass is 16.3. The van der Waals surface area contributed by atoms with Gasteiger partial charge in [-0.05, 0) is 63.1 Å². The Morgan fingerprint density at radius 2 is 2.10 bits per heavy atom. The van der Waals surface area contributed by atoms with Gasteiger partial charge in [0, 0.05) is 47.6 Å². The minimum absolute atomic E-state index is 0.0167. The number of amides is 1. The summed E-state index contributed by atoms with van der Waals surface area (Å²) >= 11 is 0. The lowest BCUT2D eigenvalue weighted by atomic mass is 9.98. The van der Waals surface area contributed by atoms with E-state index in [1.807, 2.05) is 38.3 Å². The Kier molecular flexibility index (Phi) is 5.38. The lowest BCUT2D eigenvalue weighted by Gasteiger charge is -2.36. The molecule has 1 atom stereocenters. The maximum atomic E-state index is 12.3. The minimum Gasteiger partial charge on any atom is -0.464 e. The molecular weight excluding hydrogens is 386 g/mol. The number of anilines is 1. The first-order valence-electron chi connectivity index (χ1n) is 11.1. The Hall–Kier alpha value is -2.89.